The van der Waals surface area contributed by atoms with E-state index in [1.807, 2.05) is 0 Å². The second-order valence-corrected chi connectivity index (χ2v) is 3.74. The first kappa shape index (κ1) is 14.4. The lowest BCUT2D eigenvalue weighted by Crippen LogP contribution is -2.27. The van der Waals surface area contributed by atoms with E-state index in [-0.39, 0.29) is 23.7 Å². The maximum Gasteiger partial charge on any atom is 0.329 e. The molecule has 2 N–H and O–H groups in total. The van der Waals surface area contributed by atoms with Crippen LogP contribution in [0.3, 0.4) is 0 Å². The first-order valence-corrected chi connectivity index (χ1v) is 5.41. The first-order chi connectivity index (χ1) is 8.50. The molecule has 0 aromatic heterocycles. The molecule has 0 spiro atoms. The van der Waals surface area contributed by atoms with Crippen molar-refractivity contribution in [3.05, 3.63) is 34.6 Å². The minimum atomic E-state index is -1.08. The van der Waals surface area contributed by atoms with Crippen LogP contribution in [0.25, 0.3) is 0 Å². The van der Waals surface area contributed by atoms with E-state index < -0.39 is 24.3 Å². The summed E-state index contributed by atoms with van der Waals surface area (Å²) in [4.78, 5) is 21.7. The molecule has 0 aliphatic carbocycles. The number of nitrogens with one attached hydrogen (secondary N) is 1. The van der Waals surface area contributed by atoms with Crippen LogP contribution in [0.4, 0.5) is 4.39 Å². The van der Waals surface area contributed by atoms with Crippen molar-refractivity contribution >= 4 is 23.5 Å². The molecule has 0 saturated heterocycles. The molecule has 0 radical (unpaired) electrons. The molecule has 0 aliphatic heterocycles. The van der Waals surface area contributed by atoms with E-state index in [0.717, 1.165) is 6.07 Å². The Kier molecular flexibility index (Phi) is 5.54. The number of carboxylic acids is 1. The highest BCUT2D eigenvalue weighted by molar-refractivity contribution is 6.31. The topological polar surface area (TPSA) is 75.6 Å². The summed E-state index contributed by atoms with van der Waals surface area (Å²) in [6.45, 7) is -0.188. The van der Waals surface area contributed by atoms with Crippen molar-refractivity contribution in [3.63, 3.8) is 0 Å². The van der Waals surface area contributed by atoms with Gasteiger partial charge in [-0.15, -0.1) is 0 Å². The van der Waals surface area contributed by atoms with Gasteiger partial charge in [0.05, 0.1) is 11.6 Å². The average molecular weight is 276 g/mol. The summed E-state index contributed by atoms with van der Waals surface area (Å²) >= 11 is 5.53. The van der Waals surface area contributed by atoms with Crippen molar-refractivity contribution in [1.29, 1.82) is 0 Å². The quantitative estimate of drug-likeness (QED) is 0.768. The number of hydrogen-bond donors (Lipinski definition) is 2. The third-order valence-electron chi connectivity index (χ3n) is 1.94. The molecule has 0 heterocycles. The molecule has 5 nitrogen and oxygen atoms in total. The molecule has 0 unspecified atom stereocenters. The monoisotopic (exact) mass is 275 g/mol. The van der Waals surface area contributed by atoms with E-state index in [9.17, 15) is 14.0 Å². The number of rotatable bonds is 6. The second kappa shape index (κ2) is 6.93. The van der Waals surface area contributed by atoms with Crippen LogP contribution in [0.2, 0.25) is 5.02 Å². The maximum atomic E-state index is 12.9. The Balaban J connectivity index is 2.36. The molecule has 0 saturated carbocycles. The summed E-state index contributed by atoms with van der Waals surface area (Å²) in [5.41, 5.74) is 0.222. The van der Waals surface area contributed by atoms with E-state index in [1.54, 1.807) is 0 Å². The van der Waals surface area contributed by atoms with Crippen LogP contribution in [0.15, 0.2) is 18.2 Å². The van der Waals surface area contributed by atoms with Gasteiger partial charge in [0.1, 0.15) is 12.4 Å². The summed E-state index contributed by atoms with van der Waals surface area (Å²) in [5.74, 6) is -2.11. The SMILES string of the molecule is O=C(O)COCCNC(=O)c1ccc(F)c(Cl)c1. The van der Waals surface area contributed by atoms with Gasteiger partial charge in [-0.1, -0.05) is 11.6 Å². The van der Waals surface area contributed by atoms with Crippen LogP contribution in [0, 0.1) is 5.82 Å². The van der Waals surface area contributed by atoms with Crippen molar-refractivity contribution in [2.45, 2.75) is 0 Å². The van der Waals surface area contributed by atoms with Gasteiger partial charge >= 0.3 is 5.97 Å². The minimum absolute atomic E-state index is 0.0764. The molecule has 7 heteroatoms. The number of ether oxygens (including phenoxy) is 1. The molecular formula is C11H11ClFNO4. The van der Waals surface area contributed by atoms with Crippen molar-refractivity contribution in [2.24, 2.45) is 0 Å². The molecular weight excluding hydrogens is 265 g/mol. The number of hydrogen-bond acceptors (Lipinski definition) is 3. The number of carbonyl (C=O) groups excluding carboxylic acids is 1. The van der Waals surface area contributed by atoms with Gasteiger partial charge in [0.2, 0.25) is 0 Å². The predicted octanol–water partition coefficient (Wildman–Crippen LogP) is 1.31. The Morgan fingerprint density at radius 3 is 2.78 bits per heavy atom. The molecule has 18 heavy (non-hydrogen) atoms. The number of carbonyl (C=O) groups is 2. The number of amides is 1. The van der Waals surface area contributed by atoms with Crippen LogP contribution >= 0.6 is 11.6 Å². The lowest BCUT2D eigenvalue weighted by Gasteiger charge is -2.05. The van der Waals surface area contributed by atoms with Crippen molar-refractivity contribution in [1.82, 2.24) is 5.32 Å². The summed E-state index contributed by atoms with van der Waals surface area (Å²) in [6, 6.07) is 3.61. The third kappa shape index (κ3) is 4.68. The number of benzene rings is 1. The third-order valence-corrected chi connectivity index (χ3v) is 2.23. The molecule has 1 rings (SSSR count). The number of halogens is 2. The van der Waals surface area contributed by atoms with E-state index in [0.29, 0.717) is 0 Å². The van der Waals surface area contributed by atoms with Crippen molar-refractivity contribution < 1.29 is 23.8 Å². The van der Waals surface area contributed by atoms with Crippen molar-refractivity contribution in [2.75, 3.05) is 19.8 Å². The molecule has 1 aromatic carbocycles. The van der Waals surface area contributed by atoms with E-state index >= 15 is 0 Å². The van der Waals surface area contributed by atoms with Crippen molar-refractivity contribution in [3.8, 4) is 0 Å². The second-order valence-electron chi connectivity index (χ2n) is 3.33. The molecule has 1 amide bonds. The van der Waals surface area contributed by atoms with Crippen LogP contribution in [-0.4, -0.2) is 36.7 Å². The summed E-state index contributed by atoms with van der Waals surface area (Å²) < 4.78 is 17.6. The Hall–Kier alpha value is -1.66. The summed E-state index contributed by atoms with van der Waals surface area (Å²) in [5, 5.41) is 10.6. The Morgan fingerprint density at radius 2 is 2.17 bits per heavy atom. The van der Waals surface area contributed by atoms with E-state index in [2.05, 4.69) is 5.32 Å². The number of carboxylic acid groups (broad SMARTS) is 1. The number of aliphatic carboxylic acids is 1. The van der Waals surface area contributed by atoms with E-state index in [4.69, 9.17) is 21.4 Å². The molecule has 0 aliphatic rings. The van der Waals surface area contributed by atoms with Crippen LogP contribution in [-0.2, 0) is 9.53 Å². The van der Waals surface area contributed by atoms with Gasteiger partial charge in [-0.3, -0.25) is 4.79 Å². The highest BCUT2D eigenvalue weighted by Gasteiger charge is 2.08. The normalized spacial score (nSPS) is 10.1. The Labute approximate surface area is 108 Å². The van der Waals surface area contributed by atoms with Crippen LogP contribution in [0.1, 0.15) is 10.4 Å². The highest BCUT2D eigenvalue weighted by Crippen LogP contribution is 2.15. The first-order valence-electron chi connectivity index (χ1n) is 5.03. The van der Waals surface area contributed by atoms with Gasteiger partial charge in [-0.05, 0) is 18.2 Å². The summed E-state index contributed by atoms with van der Waals surface area (Å²) in [7, 11) is 0. The minimum Gasteiger partial charge on any atom is -0.480 e. The maximum absolute atomic E-state index is 12.9. The molecule has 0 atom stereocenters. The molecule has 0 bridgehead atoms. The van der Waals surface area contributed by atoms with Gasteiger partial charge in [0.15, 0.2) is 0 Å². The summed E-state index contributed by atoms with van der Waals surface area (Å²) in [6.07, 6.45) is 0. The molecule has 98 valence electrons. The zero-order chi connectivity index (χ0) is 13.5. The molecule has 0 fully saturated rings. The zero-order valence-electron chi connectivity index (χ0n) is 9.28. The molecule has 1 aromatic rings. The smallest absolute Gasteiger partial charge is 0.329 e. The fourth-order valence-corrected chi connectivity index (χ4v) is 1.32. The fraction of sp³-hybridized carbons (Fsp3) is 0.273. The standard InChI is InChI=1S/C11H11ClFNO4/c12-8-5-7(1-2-9(8)13)11(17)14-3-4-18-6-10(15)16/h1-2,5H,3-4,6H2,(H,14,17)(H,15,16). The fourth-order valence-electron chi connectivity index (χ4n) is 1.14. The lowest BCUT2D eigenvalue weighted by molar-refractivity contribution is -0.142. The van der Waals surface area contributed by atoms with Gasteiger partial charge in [0.25, 0.3) is 5.91 Å². The van der Waals surface area contributed by atoms with Gasteiger partial charge in [-0.2, -0.15) is 0 Å². The largest absolute Gasteiger partial charge is 0.480 e. The van der Waals surface area contributed by atoms with Gasteiger partial charge < -0.3 is 15.2 Å². The average Bonchev–Trinajstić information content (AvgIpc) is 2.31. The van der Waals surface area contributed by atoms with Gasteiger partial charge in [0, 0.05) is 12.1 Å². The van der Waals surface area contributed by atoms with E-state index in [1.165, 1.54) is 12.1 Å². The van der Waals surface area contributed by atoms with Crippen LogP contribution in [0.5, 0.6) is 0 Å². The zero-order valence-corrected chi connectivity index (χ0v) is 10.0. The Morgan fingerprint density at radius 1 is 1.44 bits per heavy atom. The highest BCUT2D eigenvalue weighted by atomic mass is 35.5. The predicted molar refractivity (Wildman–Crippen MR) is 62.2 cm³/mol. The van der Waals surface area contributed by atoms with Crippen LogP contribution < -0.4 is 5.32 Å². The lowest BCUT2D eigenvalue weighted by atomic mass is 10.2. The van der Waals surface area contributed by atoms with Gasteiger partial charge in [-0.25, -0.2) is 9.18 Å². The Bertz CT molecular complexity index is 453.